The second kappa shape index (κ2) is 3.85. The van der Waals surface area contributed by atoms with Gasteiger partial charge in [-0.1, -0.05) is 28.1 Å². The van der Waals surface area contributed by atoms with Gasteiger partial charge in [0.1, 0.15) is 0 Å². The molecule has 3 aliphatic rings. The van der Waals surface area contributed by atoms with E-state index in [1.165, 1.54) is 5.56 Å². The monoisotopic (exact) mass is 319 g/mol. The highest BCUT2D eigenvalue weighted by atomic mass is 79.9. The van der Waals surface area contributed by atoms with Gasteiger partial charge in [-0.25, -0.2) is 0 Å². The van der Waals surface area contributed by atoms with Crippen molar-refractivity contribution in [3.63, 3.8) is 0 Å². The quantitative estimate of drug-likeness (QED) is 0.816. The first-order valence-electron chi connectivity index (χ1n) is 7.17. The predicted octanol–water partition coefficient (Wildman–Crippen LogP) is 3.56. The summed E-state index contributed by atoms with van der Waals surface area (Å²) in [6, 6.07) is 8.97. The Morgan fingerprint density at radius 2 is 1.95 bits per heavy atom. The number of amides is 1. The fraction of sp³-hybridized carbons (Fsp3) is 0.562. The molecule has 0 aromatic heterocycles. The Kier molecular flexibility index (Phi) is 2.42. The van der Waals surface area contributed by atoms with Crippen LogP contribution < -0.4 is 0 Å². The summed E-state index contributed by atoms with van der Waals surface area (Å²) >= 11 is 3.48. The van der Waals surface area contributed by atoms with Crippen LogP contribution in [0.4, 0.5) is 0 Å². The Bertz CT molecular complexity index is 532. The third-order valence-electron chi connectivity index (χ3n) is 5.29. The van der Waals surface area contributed by atoms with E-state index >= 15 is 0 Å². The van der Waals surface area contributed by atoms with Gasteiger partial charge in [-0.2, -0.15) is 0 Å². The number of hydrogen-bond donors (Lipinski definition) is 0. The number of rotatable bonds is 2. The van der Waals surface area contributed by atoms with Crippen LogP contribution in [0.5, 0.6) is 0 Å². The normalized spacial score (nSPS) is 39.1. The predicted molar refractivity (Wildman–Crippen MR) is 77.8 cm³/mol. The van der Waals surface area contributed by atoms with E-state index in [2.05, 4.69) is 52.0 Å². The Hall–Kier alpha value is -0.830. The van der Waals surface area contributed by atoms with Crippen LogP contribution in [-0.4, -0.2) is 23.4 Å². The standard InChI is InChI=1S/C16H18BrNO/c1-10-6-12(11-2-4-14(17)5-3-11)9-18(10)15(19)16-7-13(16)8-16/h2-5,10,12-13H,6-9H2,1H3. The van der Waals surface area contributed by atoms with Gasteiger partial charge >= 0.3 is 0 Å². The van der Waals surface area contributed by atoms with E-state index < -0.39 is 0 Å². The first-order chi connectivity index (χ1) is 9.10. The Morgan fingerprint density at radius 1 is 1.32 bits per heavy atom. The molecule has 1 amide bonds. The molecule has 2 atom stereocenters. The highest BCUT2D eigenvalue weighted by molar-refractivity contribution is 9.10. The molecule has 0 spiro atoms. The van der Waals surface area contributed by atoms with E-state index in [9.17, 15) is 4.79 Å². The van der Waals surface area contributed by atoms with E-state index in [4.69, 9.17) is 0 Å². The first kappa shape index (κ1) is 12.0. The van der Waals surface area contributed by atoms with Crippen molar-refractivity contribution in [3.05, 3.63) is 34.3 Å². The highest BCUT2D eigenvalue weighted by Gasteiger charge is 2.75. The summed E-state index contributed by atoms with van der Waals surface area (Å²) in [4.78, 5) is 14.7. The minimum Gasteiger partial charge on any atom is -0.339 e. The molecular formula is C16H18BrNO. The van der Waals surface area contributed by atoms with E-state index in [1.807, 2.05) is 0 Å². The molecule has 1 aliphatic heterocycles. The summed E-state index contributed by atoms with van der Waals surface area (Å²) in [7, 11) is 0. The lowest BCUT2D eigenvalue weighted by atomic mass is 9.97. The van der Waals surface area contributed by atoms with Crippen molar-refractivity contribution < 1.29 is 4.79 Å². The van der Waals surface area contributed by atoms with Crippen LogP contribution in [0.3, 0.4) is 0 Å². The molecule has 2 nitrogen and oxygen atoms in total. The Labute approximate surface area is 122 Å². The second-order valence-corrected chi connectivity index (χ2v) is 7.47. The van der Waals surface area contributed by atoms with Crippen LogP contribution in [0, 0.1) is 11.3 Å². The zero-order chi connectivity index (χ0) is 13.2. The molecular weight excluding hydrogens is 302 g/mol. The molecule has 0 radical (unpaired) electrons. The summed E-state index contributed by atoms with van der Waals surface area (Å²) < 4.78 is 1.12. The highest BCUT2D eigenvalue weighted by Crippen LogP contribution is 2.76. The summed E-state index contributed by atoms with van der Waals surface area (Å²) in [5.41, 5.74) is 1.49. The van der Waals surface area contributed by atoms with Gasteiger partial charge in [0, 0.05) is 23.0 Å². The topological polar surface area (TPSA) is 20.3 Å². The molecule has 0 bridgehead atoms. The van der Waals surface area contributed by atoms with Gasteiger partial charge in [-0.05, 0) is 49.8 Å². The molecule has 100 valence electrons. The van der Waals surface area contributed by atoms with Crippen LogP contribution in [0.15, 0.2) is 28.7 Å². The van der Waals surface area contributed by atoms with E-state index in [0.29, 0.717) is 17.9 Å². The van der Waals surface area contributed by atoms with Crippen molar-refractivity contribution in [2.75, 3.05) is 6.54 Å². The third kappa shape index (κ3) is 1.78. The van der Waals surface area contributed by atoms with Crippen molar-refractivity contribution in [2.24, 2.45) is 11.3 Å². The molecule has 3 heteroatoms. The fourth-order valence-electron chi connectivity index (χ4n) is 3.63. The SMILES string of the molecule is CC1CC(c2ccc(Br)cc2)CN1C(=O)C12CC1C2. The fourth-order valence-corrected chi connectivity index (χ4v) is 3.89. The van der Waals surface area contributed by atoms with E-state index in [1.54, 1.807) is 0 Å². The molecule has 1 aromatic carbocycles. The van der Waals surface area contributed by atoms with Crippen LogP contribution in [0.1, 0.15) is 37.7 Å². The van der Waals surface area contributed by atoms with Crippen molar-refractivity contribution in [2.45, 2.75) is 38.1 Å². The van der Waals surface area contributed by atoms with Crippen LogP contribution >= 0.6 is 15.9 Å². The van der Waals surface area contributed by atoms with Crippen LogP contribution in [0.2, 0.25) is 0 Å². The van der Waals surface area contributed by atoms with Crippen LogP contribution in [-0.2, 0) is 4.79 Å². The molecule has 19 heavy (non-hydrogen) atoms. The van der Waals surface area contributed by atoms with Gasteiger partial charge in [0.2, 0.25) is 5.91 Å². The van der Waals surface area contributed by atoms with Gasteiger partial charge in [0.05, 0.1) is 5.41 Å². The maximum Gasteiger partial charge on any atom is 0.229 e. The number of fused-ring (bicyclic) bond motifs is 1. The molecule has 1 saturated heterocycles. The van der Waals surface area contributed by atoms with E-state index in [0.717, 1.165) is 36.2 Å². The minimum atomic E-state index is 0.128. The van der Waals surface area contributed by atoms with Gasteiger partial charge in [0.15, 0.2) is 0 Å². The number of carbonyl (C=O) groups excluding carboxylic acids is 1. The van der Waals surface area contributed by atoms with Gasteiger partial charge in [-0.15, -0.1) is 0 Å². The van der Waals surface area contributed by atoms with E-state index in [-0.39, 0.29) is 5.41 Å². The Morgan fingerprint density at radius 3 is 2.53 bits per heavy atom. The third-order valence-corrected chi connectivity index (χ3v) is 5.81. The number of nitrogens with zero attached hydrogens (tertiary/aromatic N) is 1. The lowest BCUT2D eigenvalue weighted by Crippen LogP contribution is -2.37. The minimum absolute atomic E-state index is 0.128. The van der Waals surface area contributed by atoms with Gasteiger partial charge < -0.3 is 4.90 Å². The molecule has 3 fully saturated rings. The van der Waals surface area contributed by atoms with Crippen molar-refractivity contribution in [1.29, 1.82) is 0 Å². The average molecular weight is 320 g/mol. The molecule has 4 rings (SSSR count). The molecule has 2 saturated carbocycles. The van der Waals surface area contributed by atoms with Gasteiger partial charge in [0.25, 0.3) is 0 Å². The Balaban J connectivity index is 1.51. The largest absolute Gasteiger partial charge is 0.339 e. The smallest absolute Gasteiger partial charge is 0.229 e. The molecule has 0 N–H and O–H groups in total. The number of benzene rings is 1. The molecule has 1 heterocycles. The van der Waals surface area contributed by atoms with Gasteiger partial charge in [-0.3, -0.25) is 4.79 Å². The summed E-state index contributed by atoms with van der Waals surface area (Å²) in [5.74, 6) is 1.71. The first-order valence-corrected chi connectivity index (χ1v) is 7.96. The summed E-state index contributed by atoms with van der Waals surface area (Å²) in [6.07, 6.45) is 3.43. The summed E-state index contributed by atoms with van der Waals surface area (Å²) in [5, 5.41) is 0. The van der Waals surface area contributed by atoms with Crippen molar-refractivity contribution in [1.82, 2.24) is 4.90 Å². The lowest BCUT2D eigenvalue weighted by Gasteiger charge is -2.23. The van der Waals surface area contributed by atoms with Crippen molar-refractivity contribution >= 4 is 21.8 Å². The molecule has 2 unspecified atom stereocenters. The summed E-state index contributed by atoms with van der Waals surface area (Å²) in [6.45, 7) is 3.11. The number of likely N-dealkylation sites (tertiary alicyclic amines) is 1. The lowest BCUT2D eigenvalue weighted by molar-refractivity contribution is -0.135. The zero-order valence-electron chi connectivity index (χ0n) is 11.1. The molecule has 2 aliphatic carbocycles. The number of carbonyl (C=O) groups is 1. The number of hydrogen-bond acceptors (Lipinski definition) is 1. The maximum atomic E-state index is 12.5. The zero-order valence-corrected chi connectivity index (χ0v) is 12.7. The number of halogens is 1. The average Bonchev–Trinajstić information content (AvgIpc) is 3.20. The van der Waals surface area contributed by atoms with Crippen LogP contribution in [0.25, 0.3) is 0 Å². The van der Waals surface area contributed by atoms with Crippen molar-refractivity contribution in [3.8, 4) is 0 Å². The second-order valence-electron chi connectivity index (χ2n) is 6.55. The maximum absolute atomic E-state index is 12.5. The molecule has 1 aromatic rings.